The summed E-state index contributed by atoms with van der Waals surface area (Å²) in [4.78, 5) is 20.7. The molecule has 0 aliphatic carbocycles. The number of amides is 1. The van der Waals surface area contributed by atoms with Crippen LogP contribution in [-0.2, 0) is 11.2 Å². The van der Waals surface area contributed by atoms with Crippen LogP contribution in [0.5, 0.6) is 0 Å². The van der Waals surface area contributed by atoms with Gasteiger partial charge in [-0.3, -0.25) is 4.79 Å². The van der Waals surface area contributed by atoms with E-state index in [9.17, 15) is 10.1 Å². The molecule has 6 nitrogen and oxygen atoms in total. The number of piperazine rings is 1. The van der Waals surface area contributed by atoms with E-state index in [0.717, 1.165) is 5.56 Å². The summed E-state index contributed by atoms with van der Waals surface area (Å²) in [5.41, 5.74) is 2.25. The Morgan fingerprint density at radius 3 is 2.42 bits per heavy atom. The average Bonchev–Trinajstić information content (AvgIpc) is 2.72. The molecule has 2 aromatic rings. The number of hydrogen-bond acceptors (Lipinski definition) is 5. The van der Waals surface area contributed by atoms with E-state index in [1.54, 1.807) is 30.5 Å². The Kier molecular flexibility index (Phi) is 5.46. The molecule has 26 heavy (non-hydrogen) atoms. The number of nitriles is 2. The minimum atomic E-state index is 0.135. The van der Waals surface area contributed by atoms with Crippen LogP contribution in [0.2, 0.25) is 0 Å². The number of hydrogen-bond donors (Lipinski definition) is 0. The monoisotopic (exact) mass is 345 g/mol. The molecule has 0 spiro atoms. The zero-order chi connectivity index (χ0) is 18.4. The van der Waals surface area contributed by atoms with Crippen LogP contribution in [0.3, 0.4) is 0 Å². The predicted octanol–water partition coefficient (Wildman–Crippen LogP) is 2.11. The van der Waals surface area contributed by atoms with Crippen LogP contribution in [-0.4, -0.2) is 42.0 Å². The molecule has 0 atom stereocenters. The van der Waals surface area contributed by atoms with Gasteiger partial charge in [0.1, 0.15) is 11.9 Å². The van der Waals surface area contributed by atoms with E-state index in [2.05, 4.69) is 22.0 Å². The fourth-order valence-electron chi connectivity index (χ4n) is 3.06. The maximum atomic E-state index is 12.4. The Bertz CT molecular complexity index is 855. The third-order valence-corrected chi connectivity index (χ3v) is 4.55. The van der Waals surface area contributed by atoms with Gasteiger partial charge in [0.2, 0.25) is 5.91 Å². The highest BCUT2D eigenvalue weighted by Crippen LogP contribution is 2.18. The minimum Gasteiger partial charge on any atom is -0.352 e. The molecule has 2 heterocycles. The molecule has 1 aliphatic rings. The van der Waals surface area contributed by atoms with E-state index < -0.39 is 0 Å². The van der Waals surface area contributed by atoms with Crippen molar-refractivity contribution in [3.05, 3.63) is 59.3 Å². The topological polar surface area (TPSA) is 84.0 Å². The molecule has 1 saturated heterocycles. The van der Waals surface area contributed by atoms with Gasteiger partial charge in [-0.25, -0.2) is 4.98 Å². The van der Waals surface area contributed by atoms with Gasteiger partial charge in [0, 0.05) is 38.8 Å². The summed E-state index contributed by atoms with van der Waals surface area (Å²) in [5, 5.41) is 18.0. The molecule has 3 rings (SSSR count). The average molecular weight is 345 g/mol. The Hall–Kier alpha value is -3.38. The van der Waals surface area contributed by atoms with E-state index in [1.165, 1.54) is 0 Å². The van der Waals surface area contributed by atoms with Crippen molar-refractivity contribution in [1.82, 2.24) is 9.88 Å². The molecule has 6 heteroatoms. The van der Waals surface area contributed by atoms with Crippen molar-refractivity contribution in [2.24, 2.45) is 0 Å². The standard InChI is InChI=1S/C20H19N5O/c21-14-17-5-3-16(4-6-17)7-8-19(26)24-10-12-25(13-11-24)20-18(15-22)2-1-9-23-20/h1-6,9H,7-8,10-13H2. The highest BCUT2D eigenvalue weighted by Gasteiger charge is 2.23. The Balaban J connectivity index is 1.52. The first kappa shape index (κ1) is 17.4. The van der Waals surface area contributed by atoms with Crippen molar-refractivity contribution in [3.63, 3.8) is 0 Å². The molecule has 1 aromatic heterocycles. The number of carbonyl (C=O) groups is 1. The lowest BCUT2D eigenvalue weighted by atomic mass is 10.1. The van der Waals surface area contributed by atoms with Crippen LogP contribution in [0.25, 0.3) is 0 Å². The summed E-state index contributed by atoms with van der Waals surface area (Å²) in [6.45, 7) is 2.61. The number of pyridine rings is 1. The van der Waals surface area contributed by atoms with Crippen LogP contribution < -0.4 is 4.90 Å². The van der Waals surface area contributed by atoms with Gasteiger partial charge in [-0.1, -0.05) is 12.1 Å². The molecular weight excluding hydrogens is 326 g/mol. The lowest BCUT2D eigenvalue weighted by Gasteiger charge is -2.35. The van der Waals surface area contributed by atoms with Crippen molar-refractivity contribution in [3.8, 4) is 12.1 Å². The second-order valence-corrected chi connectivity index (χ2v) is 6.16. The first-order valence-electron chi connectivity index (χ1n) is 8.58. The van der Waals surface area contributed by atoms with Crippen LogP contribution in [0.15, 0.2) is 42.6 Å². The lowest BCUT2D eigenvalue weighted by Crippen LogP contribution is -2.49. The van der Waals surface area contributed by atoms with Gasteiger partial charge in [0.15, 0.2) is 0 Å². The maximum Gasteiger partial charge on any atom is 0.223 e. The van der Waals surface area contributed by atoms with Gasteiger partial charge in [-0.05, 0) is 36.2 Å². The molecule has 0 saturated carbocycles. The summed E-state index contributed by atoms with van der Waals surface area (Å²) in [5.74, 6) is 0.829. The fraction of sp³-hybridized carbons (Fsp3) is 0.300. The van der Waals surface area contributed by atoms with Gasteiger partial charge < -0.3 is 9.80 Å². The smallest absolute Gasteiger partial charge is 0.223 e. The molecule has 1 amide bonds. The van der Waals surface area contributed by atoms with Crippen LogP contribution in [0.4, 0.5) is 5.82 Å². The van der Waals surface area contributed by atoms with E-state index in [0.29, 0.717) is 56.0 Å². The van der Waals surface area contributed by atoms with Gasteiger partial charge in [-0.2, -0.15) is 10.5 Å². The Labute approximate surface area is 152 Å². The molecular formula is C20H19N5O. The zero-order valence-corrected chi connectivity index (χ0v) is 14.4. The van der Waals surface area contributed by atoms with Crippen LogP contribution >= 0.6 is 0 Å². The molecule has 0 unspecified atom stereocenters. The van der Waals surface area contributed by atoms with Gasteiger partial charge in [0.05, 0.1) is 17.2 Å². The molecule has 0 radical (unpaired) electrons. The molecule has 1 aromatic carbocycles. The number of aryl methyl sites for hydroxylation is 1. The third-order valence-electron chi connectivity index (χ3n) is 4.55. The summed E-state index contributed by atoms with van der Waals surface area (Å²) >= 11 is 0. The fourth-order valence-corrected chi connectivity index (χ4v) is 3.06. The maximum absolute atomic E-state index is 12.4. The second kappa shape index (κ2) is 8.13. The zero-order valence-electron chi connectivity index (χ0n) is 14.4. The second-order valence-electron chi connectivity index (χ2n) is 6.16. The summed E-state index contributed by atoms with van der Waals surface area (Å²) < 4.78 is 0. The number of nitrogens with zero attached hydrogens (tertiary/aromatic N) is 5. The number of carbonyl (C=O) groups excluding carboxylic acids is 1. The molecule has 130 valence electrons. The Morgan fingerprint density at radius 1 is 1.04 bits per heavy atom. The first-order valence-corrected chi connectivity index (χ1v) is 8.58. The lowest BCUT2D eigenvalue weighted by molar-refractivity contribution is -0.131. The van der Waals surface area contributed by atoms with Crippen LogP contribution in [0, 0.1) is 22.7 Å². The predicted molar refractivity (Wildman–Crippen MR) is 97.2 cm³/mol. The number of anilines is 1. The number of aromatic nitrogens is 1. The molecule has 1 aliphatic heterocycles. The van der Waals surface area contributed by atoms with Crippen molar-refractivity contribution < 1.29 is 4.79 Å². The molecule has 0 N–H and O–H groups in total. The first-order chi connectivity index (χ1) is 12.7. The van der Waals surface area contributed by atoms with Gasteiger partial charge in [-0.15, -0.1) is 0 Å². The summed E-state index contributed by atoms with van der Waals surface area (Å²) in [6.07, 6.45) is 2.81. The molecule has 1 fully saturated rings. The van der Waals surface area contributed by atoms with E-state index in [1.807, 2.05) is 17.0 Å². The summed E-state index contributed by atoms with van der Waals surface area (Å²) in [7, 11) is 0. The van der Waals surface area contributed by atoms with Crippen molar-refractivity contribution in [2.45, 2.75) is 12.8 Å². The third kappa shape index (κ3) is 3.99. The van der Waals surface area contributed by atoms with Gasteiger partial charge in [0.25, 0.3) is 0 Å². The van der Waals surface area contributed by atoms with Crippen molar-refractivity contribution in [1.29, 1.82) is 10.5 Å². The van der Waals surface area contributed by atoms with Gasteiger partial charge >= 0.3 is 0 Å². The van der Waals surface area contributed by atoms with Crippen molar-refractivity contribution in [2.75, 3.05) is 31.1 Å². The Morgan fingerprint density at radius 2 is 1.77 bits per heavy atom. The molecule has 0 bridgehead atoms. The highest BCUT2D eigenvalue weighted by molar-refractivity contribution is 5.76. The van der Waals surface area contributed by atoms with E-state index in [-0.39, 0.29) is 5.91 Å². The number of rotatable bonds is 4. The minimum absolute atomic E-state index is 0.135. The van der Waals surface area contributed by atoms with E-state index in [4.69, 9.17) is 5.26 Å². The highest BCUT2D eigenvalue weighted by atomic mass is 16.2. The summed E-state index contributed by atoms with van der Waals surface area (Å²) in [6, 6.07) is 15.1. The normalized spacial score (nSPS) is 13.8. The SMILES string of the molecule is N#Cc1ccc(CCC(=O)N2CCN(c3ncccc3C#N)CC2)cc1. The number of benzene rings is 1. The van der Waals surface area contributed by atoms with E-state index >= 15 is 0 Å². The van der Waals surface area contributed by atoms with Crippen LogP contribution in [0.1, 0.15) is 23.1 Å². The van der Waals surface area contributed by atoms with Crippen molar-refractivity contribution >= 4 is 11.7 Å². The largest absolute Gasteiger partial charge is 0.352 e. The quantitative estimate of drug-likeness (QED) is 0.847.